The minimum atomic E-state index is -3.97. The minimum Gasteiger partial charge on any atom is -0.456 e. The van der Waals surface area contributed by atoms with Crippen molar-refractivity contribution in [2.24, 2.45) is 0 Å². The Morgan fingerprint density at radius 2 is 1.97 bits per heavy atom. The molecular weight excluding hydrogens is 437 g/mol. The molecular formula is C19H19Cl2N3O4S. The van der Waals surface area contributed by atoms with Crippen molar-refractivity contribution < 1.29 is 18.3 Å². The van der Waals surface area contributed by atoms with E-state index in [1.807, 2.05) is 6.07 Å². The van der Waals surface area contributed by atoms with Gasteiger partial charge in [-0.15, -0.1) is 0 Å². The maximum absolute atomic E-state index is 13.4. The van der Waals surface area contributed by atoms with E-state index in [2.05, 4.69) is 5.32 Å². The monoisotopic (exact) mass is 455 g/mol. The molecule has 1 fully saturated rings. The summed E-state index contributed by atoms with van der Waals surface area (Å²) in [6.45, 7) is 0.502. The van der Waals surface area contributed by atoms with Gasteiger partial charge in [-0.1, -0.05) is 23.2 Å². The Labute approximate surface area is 179 Å². The summed E-state index contributed by atoms with van der Waals surface area (Å²) in [5.74, 6) is 0.343. The van der Waals surface area contributed by atoms with Crippen LogP contribution in [0.15, 0.2) is 41.3 Å². The third kappa shape index (κ3) is 5.01. The molecule has 1 atom stereocenters. The second kappa shape index (κ2) is 9.30. The summed E-state index contributed by atoms with van der Waals surface area (Å²) < 4.78 is 33.9. The van der Waals surface area contributed by atoms with Crippen molar-refractivity contribution in [1.82, 2.24) is 9.62 Å². The van der Waals surface area contributed by atoms with Crippen LogP contribution >= 0.6 is 23.2 Å². The van der Waals surface area contributed by atoms with Crippen molar-refractivity contribution in [3.63, 3.8) is 0 Å². The Hall–Kier alpha value is -1.86. The molecule has 2 aromatic carbocycles. The quantitative estimate of drug-likeness (QED) is 0.663. The molecule has 1 saturated heterocycles. The van der Waals surface area contributed by atoms with Crippen molar-refractivity contribution in [3.05, 3.63) is 52.0 Å². The van der Waals surface area contributed by atoms with Gasteiger partial charge in [0.1, 0.15) is 16.4 Å². The molecule has 0 amide bonds. The summed E-state index contributed by atoms with van der Waals surface area (Å²) in [6, 6.07) is 10.7. The summed E-state index contributed by atoms with van der Waals surface area (Å²) in [6.07, 6.45) is 0.865. The first-order valence-electron chi connectivity index (χ1n) is 8.89. The fourth-order valence-electron chi connectivity index (χ4n) is 3.17. The molecule has 0 bridgehead atoms. The zero-order valence-corrected chi connectivity index (χ0v) is 17.6. The van der Waals surface area contributed by atoms with E-state index in [0.717, 1.165) is 0 Å². The van der Waals surface area contributed by atoms with Gasteiger partial charge < -0.3 is 9.84 Å². The second-order valence-corrected chi connectivity index (χ2v) is 9.16. The van der Waals surface area contributed by atoms with Crippen molar-refractivity contribution in [2.45, 2.75) is 23.9 Å². The highest BCUT2D eigenvalue weighted by Gasteiger charge is 2.37. The lowest BCUT2D eigenvalue weighted by molar-refractivity contribution is 0.260. The normalized spacial score (nSPS) is 17.2. The molecule has 0 aromatic heterocycles. The van der Waals surface area contributed by atoms with Crippen LogP contribution < -0.4 is 10.1 Å². The van der Waals surface area contributed by atoms with Crippen LogP contribution in [0.1, 0.15) is 18.4 Å². The summed E-state index contributed by atoms with van der Waals surface area (Å²) in [5.41, 5.74) is 0.194. The number of nitriles is 1. The zero-order valence-electron chi connectivity index (χ0n) is 15.3. The van der Waals surface area contributed by atoms with Crippen LogP contribution in [-0.4, -0.2) is 43.7 Å². The van der Waals surface area contributed by atoms with E-state index in [1.165, 1.54) is 40.7 Å². The standard InChI is InChI=1S/C19H19Cl2N3O4S/c20-14-9-15(21)11-16(10-14)28-17-4-3-13(12-22)8-18(17)29(26,27)24-6-1-2-19(24)23-5-7-25/h3-4,8-11,19,23,25H,1-2,5-7H2/t19-/m1/s1. The number of aliphatic hydroxyl groups excluding tert-OH is 1. The predicted octanol–water partition coefficient (Wildman–Crippen LogP) is 3.35. The van der Waals surface area contributed by atoms with E-state index in [1.54, 1.807) is 0 Å². The number of aliphatic hydroxyl groups is 1. The molecule has 7 nitrogen and oxygen atoms in total. The molecule has 2 N–H and O–H groups in total. The Balaban J connectivity index is 2.01. The van der Waals surface area contributed by atoms with Gasteiger partial charge in [-0.2, -0.15) is 9.57 Å². The number of benzene rings is 2. The molecule has 154 valence electrons. The van der Waals surface area contributed by atoms with Gasteiger partial charge in [-0.3, -0.25) is 5.32 Å². The fourth-order valence-corrected chi connectivity index (χ4v) is 5.45. The first-order valence-corrected chi connectivity index (χ1v) is 11.1. The van der Waals surface area contributed by atoms with Crippen LogP contribution in [0.2, 0.25) is 10.0 Å². The molecule has 0 spiro atoms. The van der Waals surface area contributed by atoms with Crippen LogP contribution in [0.5, 0.6) is 11.5 Å². The number of ether oxygens (including phenoxy) is 1. The second-order valence-electron chi connectivity index (χ2n) is 6.43. The van der Waals surface area contributed by atoms with Crippen LogP contribution in [0.3, 0.4) is 0 Å². The van der Waals surface area contributed by atoms with E-state index in [0.29, 0.717) is 29.4 Å². The minimum absolute atomic E-state index is 0.0649. The van der Waals surface area contributed by atoms with Gasteiger partial charge in [0, 0.05) is 23.1 Å². The molecule has 2 aromatic rings. The topological polar surface area (TPSA) is 103 Å². The molecule has 0 radical (unpaired) electrons. The summed E-state index contributed by atoms with van der Waals surface area (Å²) in [7, 11) is -3.97. The Bertz CT molecular complexity index is 1020. The highest BCUT2D eigenvalue weighted by molar-refractivity contribution is 7.89. The Kier molecular flexibility index (Phi) is 7.01. The van der Waals surface area contributed by atoms with Gasteiger partial charge in [0.05, 0.1) is 24.4 Å². The van der Waals surface area contributed by atoms with E-state index in [4.69, 9.17) is 33.0 Å². The molecule has 3 rings (SSSR count). The maximum Gasteiger partial charge on any atom is 0.248 e. The Morgan fingerprint density at radius 3 is 2.62 bits per heavy atom. The van der Waals surface area contributed by atoms with Crippen LogP contribution in [-0.2, 0) is 10.0 Å². The molecule has 1 heterocycles. The fraction of sp³-hybridized carbons (Fsp3) is 0.316. The number of halogens is 2. The van der Waals surface area contributed by atoms with E-state index in [-0.39, 0.29) is 35.1 Å². The molecule has 1 aliphatic heterocycles. The van der Waals surface area contributed by atoms with Gasteiger partial charge in [0.15, 0.2) is 0 Å². The SMILES string of the molecule is N#Cc1ccc(Oc2cc(Cl)cc(Cl)c2)c(S(=O)(=O)N2CCC[C@@H]2NCCO)c1. The van der Waals surface area contributed by atoms with Crippen molar-refractivity contribution in [1.29, 1.82) is 5.26 Å². The van der Waals surface area contributed by atoms with Crippen LogP contribution in [0.25, 0.3) is 0 Å². The third-order valence-electron chi connectivity index (χ3n) is 4.42. The van der Waals surface area contributed by atoms with Gasteiger partial charge in [0.2, 0.25) is 10.0 Å². The molecule has 10 heteroatoms. The smallest absolute Gasteiger partial charge is 0.248 e. The van der Waals surface area contributed by atoms with E-state index in [9.17, 15) is 13.7 Å². The molecule has 1 aliphatic rings. The van der Waals surface area contributed by atoms with Crippen LogP contribution in [0, 0.1) is 11.3 Å². The molecule has 0 saturated carbocycles. The lowest BCUT2D eigenvalue weighted by Gasteiger charge is -2.25. The Morgan fingerprint density at radius 1 is 1.24 bits per heavy atom. The summed E-state index contributed by atoms with van der Waals surface area (Å²) in [4.78, 5) is -0.120. The highest BCUT2D eigenvalue weighted by atomic mass is 35.5. The van der Waals surface area contributed by atoms with Gasteiger partial charge in [-0.05, 0) is 49.2 Å². The van der Waals surface area contributed by atoms with Crippen molar-refractivity contribution in [3.8, 4) is 17.6 Å². The number of sulfonamides is 1. The van der Waals surface area contributed by atoms with E-state index < -0.39 is 16.2 Å². The number of nitrogens with zero attached hydrogens (tertiary/aromatic N) is 2. The lowest BCUT2D eigenvalue weighted by Crippen LogP contribution is -2.45. The zero-order chi connectivity index (χ0) is 21.0. The van der Waals surface area contributed by atoms with Crippen LogP contribution in [0.4, 0.5) is 0 Å². The molecule has 29 heavy (non-hydrogen) atoms. The first-order chi connectivity index (χ1) is 13.8. The number of hydrogen-bond acceptors (Lipinski definition) is 6. The van der Waals surface area contributed by atoms with Gasteiger partial charge in [0.25, 0.3) is 0 Å². The van der Waals surface area contributed by atoms with Gasteiger partial charge in [-0.25, -0.2) is 8.42 Å². The highest BCUT2D eigenvalue weighted by Crippen LogP contribution is 2.35. The largest absolute Gasteiger partial charge is 0.456 e. The van der Waals surface area contributed by atoms with Crippen molar-refractivity contribution >= 4 is 33.2 Å². The molecule has 0 aliphatic carbocycles. The number of hydrogen-bond donors (Lipinski definition) is 2. The summed E-state index contributed by atoms with van der Waals surface area (Å²) in [5, 5.41) is 22.0. The molecule has 0 unspecified atom stereocenters. The third-order valence-corrected chi connectivity index (χ3v) is 6.78. The number of nitrogens with one attached hydrogen (secondary N) is 1. The average molecular weight is 456 g/mol. The number of rotatable bonds is 7. The average Bonchev–Trinajstić information content (AvgIpc) is 3.15. The summed E-state index contributed by atoms with van der Waals surface area (Å²) >= 11 is 12.0. The van der Waals surface area contributed by atoms with Crippen molar-refractivity contribution in [2.75, 3.05) is 19.7 Å². The van der Waals surface area contributed by atoms with Gasteiger partial charge >= 0.3 is 0 Å². The first kappa shape index (κ1) is 21.8. The maximum atomic E-state index is 13.4. The predicted molar refractivity (Wildman–Crippen MR) is 110 cm³/mol. The lowest BCUT2D eigenvalue weighted by atomic mass is 10.2. The van der Waals surface area contributed by atoms with E-state index >= 15 is 0 Å².